The van der Waals surface area contributed by atoms with E-state index in [1.807, 2.05) is 6.07 Å². The number of benzene rings is 1. The molecule has 7 nitrogen and oxygen atoms in total. The first-order valence-corrected chi connectivity index (χ1v) is 7.73. The standard InChI is InChI=1S/C17H16ClN3O4/c1-9-5-13(10(2)25-9)15(22)8-20-16(23)17(24)21-14-6-12(18)4-3-11(14)7-19/h3-6,15,22H,8H2,1-2H3,(H,20,23)(H,21,24). The number of amides is 2. The first-order valence-electron chi connectivity index (χ1n) is 7.35. The molecule has 0 bridgehead atoms. The number of nitrogens with zero attached hydrogens (tertiary/aromatic N) is 1. The summed E-state index contributed by atoms with van der Waals surface area (Å²) in [6, 6.07) is 7.86. The maximum atomic E-state index is 11.9. The fraction of sp³-hybridized carbons (Fsp3) is 0.235. The maximum Gasteiger partial charge on any atom is 0.313 e. The smallest absolute Gasteiger partial charge is 0.313 e. The van der Waals surface area contributed by atoms with Crippen LogP contribution in [-0.4, -0.2) is 23.5 Å². The number of aliphatic hydroxyl groups is 1. The number of aryl methyl sites for hydroxylation is 2. The van der Waals surface area contributed by atoms with E-state index in [2.05, 4.69) is 10.6 Å². The highest BCUT2D eigenvalue weighted by molar-refractivity contribution is 6.40. The molecule has 8 heteroatoms. The summed E-state index contributed by atoms with van der Waals surface area (Å²) in [6.07, 6.45) is -1.00. The van der Waals surface area contributed by atoms with Crippen LogP contribution in [0.3, 0.4) is 0 Å². The third-order valence-electron chi connectivity index (χ3n) is 3.45. The van der Waals surface area contributed by atoms with E-state index in [1.165, 1.54) is 18.2 Å². The summed E-state index contributed by atoms with van der Waals surface area (Å²) in [6.45, 7) is 3.28. The van der Waals surface area contributed by atoms with Crippen LogP contribution in [0.4, 0.5) is 5.69 Å². The van der Waals surface area contributed by atoms with Crippen LogP contribution in [0.25, 0.3) is 0 Å². The van der Waals surface area contributed by atoms with Crippen LogP contribution in [0.5, 0.6) is 0 Å². The van der Waals surface area contributed by atoms with Gasteiger partial charge < -0.3 is 20.2 Å². The third-order valence-corrected chi connectivity index (χ3v) is 3.69. The topological polar surface area (TPSA) is 115 Å². The largest absolute Gasteiger partial charge is 0.466 e. The van der Waals surface area contributed by atoms with Crippen molar-refractivity contribution >= 4 is 29.1 Å². The Balaban J connectivity index is 1.97. The van der Waals surface area contributed by atoms with Crippen molar-refractivity contribution in [1.29, 1.82) is 5.26 Å². The van der Waals surface area contributed by atoms with Crippen molar-refractivity contribution in [2.75, 3.05) is 11.9 Å². The number of carbonyl (C=O) groups excluding carboxylic acids is 2. The Kier molecular flexibility index (Phi) is 5.80. The monoisotopic (exact) mass is 361 g/mol. The lowest BCUT2D eigenvalue weighted by molar-refractivity contribution is -0.136. The number of anilines is 1. The fourth-order valence-electron chi connectivity index (χ4n) is 2.26. The predicted molar refractivity (Wildman–Crippen MR) is 90.9 cm³/mol. The second-order valence-electron chi connectivity index (χ2n) is 5.35. The van der Waals surface area contributed by atoms with Crippen LogP contribution in [0.2, 0.25) is 5.02 Å². The van der Waals surface area contributed by atoms with Crippen LogP contribution in [-0.2, 0) is 9.59 Å². The summed E-state index contributed by atoms with van der Waals surface area (Å²) >= 11 is 5.82. The summed E-state index contributed by atoms with van der Waals surface area (Å²) in [4.78, 5) is 23.8. The van der Waals surface area contributed by atoms with E-state index < -0.39 is 17.9 Å². The zero-order valence-corrected chi connectivity index (χ0v) is 14.3. The quantitative estimate of drug-likeness (QED) is 0.722. The number of nitriles is 1. The lowest BCUT2D eigenvalue weighted by Crippen LogP contribution is -2.37. The molecular weight excluding hydrogens is 346 g/mol. The van der Waals surface area contributed by atoms with Crippen molar-refractivity contribution in [3.8, 4) is 6.07 Å². The van der Waals surface area contributed by atoms with Crippen molar-refractivity contribution in [3.63, 3.8) is 0 Å². The minimum atomic E-state index is -1.00. The Bertz CT molecular complexity index is 854. The molecule has 0 fully saturated rings. The van der Waals surface area contributed by atoms with Crippen molar-refractivity contribution < 1.29 is 19.1 Å². The Morgan fingerprint density at radius 1 is 1.32 bits per heavy atom. The average molecular weight is 362 g/mol. The normalized spacial score (nSPS) is 11.5. The van der Waals surface area contributed by atoms with Gasteiger partial charge in [-0.2, -0.15) is 5.26 Å². The fourth-order valence-corrected chi connectivity index (χ4v) is 2.43. The molecule has 0 aliphatic carbocycles. The molecular formula is C17H16ClN3O4. The molecule has 130 valence electrons. The molecule has 0 radical (unpaired) electrons. The molecule has 0 aliphatic heterocycles. The second kappa shape index (κ2) is 7.83. The molecule has 1 aromatic heterocycles. The van der Waals surface area contributed by atoms with E-state index in [9.17, 15) is 14.7 Å². The Morgan fingerprint density at radius 3 is 2.64 bits per heavy atom. The van der Waals surface area contributed by atoms with E-state index >= 15 is 0 Å². The van der Waals surface area contributed by atoms with Crippen molar-refractivity contribution in [2.45, 2.75) is 20.0 Å². The molecule has 3 N–H and O–H groups in total. The Labute approximate surface area is 149 Å². The molecule has 1 heterocycles. The van der Waals surface area contributed by atoms with Crippen LogP contribution in [0.15, 0.2) is 28.7 Å². The number of rotatable bonds is 4. The summed E-state index contributed by atoms with van der Waals surface area (Å²) < 4.78 is 5.31. The van der Waals surface area contributed by atoms with Crippen LogP contribution in [0, 0.1) is 25.2 Å². The number of hydrogen-bond donors (Lipinski definition) is 3. The minimum absolute atomic E-state index is 0.136. The van der Waals surface area contributed by atoms with Gasteiger partial charge in [0.05, 0.1) is 17.4 Å². The highest BCUT2D eigenvalue weighted by atomic mass is 35.5. The predicted octanol–water partition coefficient (Wildman–Crippen LogP) is 2.21. The van der Waals surface area contributed by atoms with Gasteiger partial charge in [-0.15, -0.1) is 0 Å². The zero-order valence-electron chi connectivity index (χ0n) is 13.6. The molecule has 2 rings (SSSR count). The summed E-state index contributed by atoms with van der Waals surface area (Å²) in [5.74, 6) is -0.728. The van der Waals surface area contributed by atoms with Gasteiger partial charge in [-0.1, -0.05) is 11.6 Å². The molecule has 1 unspecified atom stereocenters. The molecule has 0 aliphatic rings. The zero-order chi connectivity index (χ0) is 18.6. The van der Waals surface area contributed by atoms with Crippen LogP contribution in [0.1, 0.15) is 28.8 Å². The molecule has 0 saturated heterocycles. The van der Waals surface area contributed by atoms with Gasteiger partial charge in [-0.3, -0.25) is 9.59 Å². The molecule has 2 aromatic rings. The van der Waals surface area contributed by atoms with Crippen molar-refractivity contribution in [2.24, 2.45) is 0 Å². The Hall–Kier alpha value is -2.82. The third kappa shape index (κ3) is 4.59. The first-order chi connectivity index (χ1) is 11.8. The van der Waals surface area contributed by atoms with Gasteiger partial charge in [0, 0.05) is 17.1 Å². The van der Waals surface area contributed by atoms with Gasteiger partial charge in [0.25, 0.3) is 0 Å². The van der Waals surface area contributed by atoms with Gasteiger partial charge in [0.15, 0.2) is 0 Å². The average Bonchev–Trinajstić information content (AvgIpc) is 2.91. The van der Waals surface area contributed by atoms with Gasteiger partial charge in [-0.05, 0) is 38.1 Å². The number of aliphatic hydroxyl groups excluding tert-OH is 1. The van der Waals surface area contributed by atoms with E-state index in [-0.39, 0.29) is 17.8 Å². The summed E-state index contributed by atoms with van der Waals surface area (Å²) in [5.41, 5.74) is 0.854. The minimum Gasteiger partial charge on any atom is -0.466 e. The van der Waals surface area contributed by atoms with Gasteiger partial charge in [0.2, 0.25) is 0 Å². The lowest BCUT2D eigenvalue weighted by atomic mass is 10.1. The molecule has 25 heavy (non-hydrogen) atoms. The van der Waals surface area contributed by atoms with Gasteiger partial charge in [-0.25, -0.2) is 0 Å². The first kappa shape index (κ1) is 18.5. The van der Waals surface area contributed by atoms with Crippen molar-refractivity contribution in [1.82, 2.24) is 5.32 Å². The number of furan rings is 1. The van der Waals surface area contributed by atoms with Crippen LogP contribution < -0.4 is 10.6 Å². The van der Waals surface area contributed by atoms with Gasteiger partial charge in [0.1, 0.15) is 17.6 Å². The number of nitrogens with one attached hydrogen (secondary N) is 2. The number of hydrogen-bond acceptors (Lipinski definition) is 5. The van der Waals surface area contributed by atoms with Gasteiger partial charge >= 0.3 is 11.8 Å². The molecule has 2 amide bonds. The van der Waals surface area contributed by atoms with E-state index in [0.717, 1.165) is 0 Å². The van der Waals surface area contributed by atoms with Crippen molar-refractivity contribution in [3.05, 3.63) is 51.9 Å². The van der Waals surface area contributed by atoms with E-state index in [0.29, 0.717) is 22.1 Å². The molecule has 0 spiro atoms. The number of halogens is 1. The van der Waals surface area contributed by atoms with E-state index in [1.54, 1.807) is 19.9 Å². The second-order valence-corrected chi connectivity index (χ2v) is 5.79. The highest BCUT2D eigenvalue weighted by Crippen LogP contribution is 2.21. The highest BCUT2D eigenvalue weighted by Gasteiger charge is 2.19. The molecule has 0 saturated carbocycles. The summed E-state index contributed by atoms with van der Waals surface area (Å²) in [5, 5.41) is 24.1. The SMILES string of the molecule is Cc1cc(C(O)CNC(=O)C(=O)Nc2cc(Cl)ccc2C#N)c(C)o1. The number of carbonyl (C=O) groups is 2. The lowest BCUT2D eigenvalue weighted by Gasteiger charge is -2.11. The summed E-state index contributed by atoms with van der Waals surface area (Å²) in [7, 11) is 0. The maximum absolute atomic E-state index is 11.9. The molecule has 1 aromatic carbocycles. The molecule has 1 atom stereocenters. The Morgan fingerprint density at radius 2 is 2.04 bits per heavy atom. The van der Waals surface area contributed by atoms with E-state index in [4.69, 9.17) is 21.3 Å². The van der Waals surface area contributed by atoms with Crippen LogP contribution >= 0.6 is 11.6 Å².